The van der Waals surface area contributed by atoms with E-state index >= 15 is 0 Å². The fraction of sp³-hybridized carbons (Fsp3) is 0.769. The Morgan fingerprint density at radius 2 is 2.09 bits per heavy atom. The second-order valence-corrected chi connectivity index (χ2v) is 5.83. The maximum absolute atomic E-state index is 12.5. The van der Waals surface area contributed by atoms with E-state index in [-0.39, 0.29) is 5.92 Å². The molecule has 2 N–H and O–H groups in total. The van der Waals surface area contributed by atoms with Crippen molar-refractivity contribution >= 4 is 17.8 Å². The molecule has 1 aliphatic carbocycles. The summed E-state index contributed by atoms with van der Waals surface area (Å²) in [7, 11) is 0. The van der Waals surface area contributed by atoms with Crippen molar-refractivity contribution in [3.8, 4) is 0 Å². The molecular formula is C13H18F3N3O3. The molecule has 0 aromatic carbocycles. The molecule has 1 saturated heterocycles. The molecule has 2 atom stereocenters. The van der Waals surface area contributed by atoms with Crippen LogP contribution in [0, 0.1) is 5.92 Å². The summed E-state index contributed by atoms with van der Waals surface area (Å²) in [5.41, 5.74) is -1.01. The Morgan fingerprint density at radius 3 is 2.68 bits per heavy atom. The molecule has 2 fully saturated rings. The average Bonchev–Trinajstić information content (AvgIpc) is 2.65. The second-order valence-electron chi connectivity index (χ2n) is 5.83. The minimum atomic E-state index is -4.54. The van der Waals surface area contributed by atoms with Crippen molar-refractivity contribution in [1.29, 1.82) is 0 Å². The Bertz CT molecular complexity index is 495. The molecule has 0 aromatic rings. The van der Waals surface area contributed by atoms with Crippen LogP contribution in [0.3, 0.4) is 0 Å². The molecule has 1 heterocycles. The summed E-state index contributed by atoms with van der Waals surface area (Å²) < 4.78 is 36.1. The minimum Gasteiger partial charge on any atom is -0.345 e. The van der Waals surface area contributed by atoms with Gasteiger partial charge >= 0.3 is 12.2 Å². The number of urea groups is 1. The number of rotatable bonds is 3. The smallest absolute Gasteiger partial charge is 0.345 e. The maximum atomic E-state index is 12.5. The molecule has 4 amide bonds. The predicted molar refractivity (Wildman–Crippen MR) is 69.7 cm³/mol. The SMILES string of the molecule is C[C@@H]1CCCC[C@@]12NC(=O)N(CC(=O)NCC(F)(F)F)C2=O. The number of nitrogens with one attached hydrogen (secondary N) is 2. The van der Waals surface area contributed by atoms with E-state index in [0.717, 1.165) is 19.3 Å². The zero-order valence-electron chi connectivity index (χ0n) is 12.1. The lowest BCUT2D eigenvalue weighted by atomic mass is 9.73. The lowest BCUT2D eigenvalue weighted by Crippen LogP contribution is -2.54. The van der Waals surface area contributed by atoms with Crippen LogP contribution in [-0.4, -0.2) is 47.6 Å². The molecule has 0 unspecified atom stereocenters. The highest BCUT2D eigenvalue weighted by atomic mass is 19.4. The van der Waals surface area contributed by atoms with Crippen molar-refractivity contribution in [2.45, 2.75) is 44.3 Å². The summed E-state index contributed by atoms with van der Waals surface area (Å²) in [6.07, 6.45) is -1.53. The first-order chi connectivity index (χ1) is 10.2. The van der Waals surface area contributed by atoms with Crippen LogP contribution in [0.2, 0.25) is 0 Å². The Labute approximate surface area is 125 Å². The lowest BCUT2D eigenvalue weighted by molar-refractivity contribution is -0.142. The number of halogens is 3. The van der Waals surface area contributed by atoms with Gasteiger partial charge in [0.25, 0.3) is 5.91 Å². The number of alkyl halides is 3. The third-order valence-corrected chi connectivity index (χ3v) is 4.29. The van der Waals surface area contributed by atoms with Gasteiger partial charge < -0.3 is 10.6 Å². The molecule has 22 heavy (non-hydrogen) atoms. The first-order valence-corrected chi connectivity index (χ1v) is 7.13. The average molecular weight is 321 g/mol. The molecule has 124 valence electrons. The summed E-state index contributed by atoms with van der Waals surface area (Å²) in [6.45, 7) is -0.336. The maximum Gasteiger partial charge on any atom is 0.405 e. The van der Waals surface area contributed by atoms with Crippen LogP contribution in [0.1, 0.15) is 32.6 Å². The topological polar surface area (TPSA) is 78.5 Å². The summed E-state index contributed by atoms with van der Waals surface area (Å²) in [4.78, 5) is 36.6. The van der Waals surface area contributed by atoms with E-state index in [9.17, 15) is 27.6 Å². The van der Waals surface area contributed by atoms with E-state index in [2.05, 4.69) is 5.32 Å². The van der Waals surface area contributed by atoms with Gasteiger partial charge in [0.05, 0.1) is 0 Å². The van der Waals surface area contributed by atoms with E-state index in [1.165, 1.54) is 0 Å². The fourth-order valence-electron chi connectivity index (χ4n) is 3.04. The van der Waals surface area contributed by atoms with Gasteiger partial charge in [0.15, 0.2) is 0 Å². The Balaban J connectivity index is 2.02. The summed E-state index contributed by atoms with van der Waals surface area (Å²) in [5, 5.41) is 4.29. The number of nitrogens with zero attached hydrogens (tertiary/aromatic N) is 1. The van der Waals surface area contributed by atoms with Crippen molar-refractivity contribution in [3.63, 3.8) is 0 Å². The zero-order chi connectivity index (χ0) is 16.5. The van der Waals surface area contributed by atoms with Crippen molar-refractivity contribution in [3.05, 3.63) is 0 Å². The fourth-order valence-corrected chi connectivity index (χ4v) is 3.04. The Hall–Kier alpha value is -1.80. The van der Waals surface area contributed by atoms with Crippen molar-refractivity contribution in [2.24, 2.45) is 5.92 Å². The largest absolute Gasteiger partial charge is 0.405 e. The van der Waals surface area contributed by atoms with Crippen LogP contribution in [0.5, 0.6) is 0 Å². The van der Waals surface area contributed by atoms with Gasteiger partial charge in [-0.3, -0.25) is 14.5 Å². The monoisotopic (exact) mass is 321 g/mol. The van der Waals surface area contributed by atoms with Crippen LogP contribution >= 0.6 is 0 Å². The van der Waals surface area contributed by atoms with Crippen LogP contribution in [0.25, 0.3) is 0 Å². The van der Waals surface area contributed by atoms with E-state index in [4.69, 9.17) is 0 Å². The van der Waals surface area contributed by atoms with Gasteiger partial charge in [0, 0.05) is 0 Å². The molecule has 1 saturated carbocycles. The molecule has 0 radical (unpaired) electrons. The van der Waals surface area contributed by atoms with Crippen molar-refractivity contribution < 1.29 is 27.6 Å². The van der Waals surface area contributed by atoms with E-state index < -0.39 is 42.7 Å². The zero-order valence-corrected chi connectivity index (χ0v) is 12.1. The van der Waals surface area contributed by atoms with Gasteiger partial charge in [0.2, 0.25) is 5.91 Å². The number of hydrogen-bond donors (Lipinski definition) is 2. The highest BCUT2D eigenvalue weighted by Crippen LogP contribution is 2.38. The highest BCUT2D eigenvalue weighted by Gasteiger charge is 2.55. The lowest BCUT2D eigenvalue weighted by Gasteiger charge is -2.36. The van der Waals surface area contributed by atoms with Gasteiger partial charge in [-0.05, 0) is 18.8 Å². The molecule has 0 aromatic heterocycles. The highest BCUT2D eigenvalue weighted by molar-refractivity contribution is 6.09. The minimum absolute atomic E-state index is 0.0686. The normalized spacial score (nSPS) is 28.9. The van der Waals surface area contributed by atoms with E-state index in [1.807, 2.05) is 6.92 Å². The van der Waals surface area contributed by atoms with Gasteiger partial charge in [-0.25, -0.2) is 4.79 Å². The molecule has 6 nitrogen and oxygen atoms in total. The van der Waals surface area contributed by atoms with Gasteiger partial charge in [-0.1, -0.05) is 19.8 Å². The standard InChI is InChI=1S/C13H18F3N3O3/c1-8-4-2-3-5-12(8)10(21)19(11(22)18-12)6-9(20)17-7-13(14,15)16/h8H,2-7H2,1H3,(H,17,20)(H,18,22)/t8-,12-/m1/s1. The first kappa shape index (κ1) is 16.6. The number of hydrogen-bond acceptors (Lipinski definition) is 3. The van der Waals surface area contributed by atoms with Gasteiger partial charge in [-0.2, -0.15) is 13.2 Å². The predicted octanol–water partition coefficient (Wildman–Crippen LogP) is 1.17. The molecule has 0 bridgehead atoms. The Kier molecular flexibility index (Phi) is 4.35. The number of carbonyl (C=O) groups excluding carboxylic acids is 3. The molecule has 2 aliphatic rings. The van der Waals surface area contributed by atoms with Crippen LogP contribution in [0.15, 0.2) is 0 Å². The molecule has 2 rings (SSSR count). The summed E-state index contributed by atoms with van der Waals surface area (Å²) in [5.74, 6) is -1.60. The van der Waals surface area contributed by atoms with Crippen LogP contribution < -0.4 is 10.6 Å². The van der Waals surface area contributed by atoms with Crippen LogP contribution in [0.4, 0.5) is 18.0 Å². The third-order valence-electron chi connectivity index (χ3n) is 4.29. The van der Waals surface area contributed by atoms with Gasteiger partial charge in [-0.15, -0.1) is 0 Å². The molecule has 1 spiro atoms. The van der Waals surface area contributed by atoms with Crippen molar-refractivity contribution in [2.75, 3.05) is 13.1 Å². The summed E-state index contributed by atoms with van der Waals surface area (Å²) >= 11 is 0. The summed E-state index contributed by atoms with van der Waals surface area (Å²) in [6, 6.07) is -0.721. The number of imide groups is 1. The quantitative estimate of drug-likeness (QED) is 0.766. The first-order valence-electron chi connectivity index (χ1n) is 7.13. The molecule has 9 heteroatoms. The van der Waals surface area contributed by atoms with Crippen molar-refractivity contribution in [1.82, 2.24) is 15.5 Å². The van der Waals surface area contributed by atoms with E-state index in [1.54, 1.807) is 5.32 Å². The Morgan fingerprint density at radius 1 is 1.41 bits per heavy atom. The number of carbonyl (C=O) groups is 3. The van der Waals surface area contributed by atoms with Gasteiger partial charge in [0.1, 0.15) is 18.6 Å². The number of amides is 4. The van der Waals surface area contributed by atoms with Crippen LogP contribution in [-0.2, 0) is 9.59 Å². The van der Waals surface area contributed by atoms with E-state index in [0.29, 0.717) is 11.3 Å². The third kappa shape index (κ3) is 3.17. The second kappa shape index (κ2) is 5.77. The molecule has 1 aliphatic heterocycles. The molecular weight excluding hydrogens is 303 g/mol.